The van der Waals surface area contributed by atoms with E-state index in [-0.39, 0.29) is 31.1 Å². The molecule has 0 saturated heterocycles. The maximum absolute atomic E-state index is 12.7. The highest BCUT2D eigenvalue weighted by atomic mass is 16.6. The third-order valence-electron chi connectivity index (χ3n) is 11.6. The van der Waals surface area contributed by atoms with Crippen molar-refractivity contribution in [3.8, 4) is 0 Å². The van der Waals surface area contributed by atoms with Gasteiger partial charge in [-0.2, -0.15) is 0 Å². The Labute approximate surface area is 355 Å². The molecule has 0 fully saturated rings. The minimum Gasteiger partial charge on any atom is -0.462 e. The fourth-order valence-electron chi connectivity index (χ4n) is 7.74. The number of carbonyl (C=O) groups is 3. The standard InChI is InChI=1S/C51H98O6/c1-4-7-10-13-15-17-19-21-23-25-27-29-31-33-35-38-41-44-50(53)56-47-48(46-55-49(52)43-40-37-12-9-6-3)57-51(54)45-42-39-36-34-32-30-28-26-24-22-20-18-16-14-11-8-5-2/h48H,4-47H2,1-3H3/t48-/m0/s1. The van der Waals surface area contributed by atoms with E-state index >= 15 is 0 Å². The molecule has 0 rings (SSSR count). The molecule has 0 bridgehead atoms. The van der Waals surface area contributed by atoms with Crippen molar-refractivity contribution in [2.75, 3.05) is 13.2 Å². The van der Waals surface area contributed by atoms with Crippen LogP contribution in [0.5, 0.6) is 0 Å². The zero-order valence-corrected chi connectivity index (χ0v) is 38.6. The van der Waals surface area contributed by atoms with Crippen LogP contribution in [-0.4, -0.2) is 37.2 Å². The maximum atomic E-state index is 12.7. The van der Waals surface area contributed by atoms with Crippen LogP contribution in [0.1, 0.15) is 290 Å². The van der Waals surface area contributed by atoms with E-state index in [0.29, 0.717) is 19.3 Å². The summed E-state index contributed by atoms with van der Waals surface area (Å²) in [7, 11) is 0. The first-order chi connectivity index (χ1) is 28.0. The molecule has 57 heavy (non-hydrogen) atoms. The number of hydrogen-bond acceptors (Lipinski definition) is 6. The average molecular weight is 807 g/mol. The highest BCUT2D eigenvalue weighted by molar-refractivity contribution is 5.71. The Morgan fingerprint density at radius 2 is 0.474 bits per heavy atom. The summed E-state index contributed by atoms with van der Waals surface area (Å²) in [6, 6.07) is 0. The van der Waals surface area contributed by atoms with Gasteiger partial charge in [0, 0.05) is 19.3 Å². The molecule has 0 spiro atoms. The van der Waals surface area contributed by atoms with Gasteiger partial charge in [0.15, 0.2) is 6.10 Å². The quantitative estimate of drug-likeness (QED) is 0.0346. The first-order valence-corrected chi connectivity index (χ1v) is 25.5. The molecule has 0 aromatic carbocycles. The SMILES string of the molecule is CCCCCCCCCCCCCCCCCCCC(=O)OC[C@H](COC(=O)CCCCCCC)OC(=O)CCCCCCCCCCCCCCCCCCC. The Balaban J connectivity index is 4.10. The zero-order chi connectivity index (χ0) is 41.5. The Hall–Kier alpha value is -1.59. The van der Waals surface area contributed by atoms with Crippen LogP contribution in [0.25, 0.3) is 0 Å². The van der Waals surface area contributed by atoms with Crippen LogP contribution in [0.4, 0.5) is 0 Å². The predicted molar refractivity (Wildman–Crippen MR) is 243 cm³/mol. The van der Waals surface area contributed by atoms with Crippen molar-refractivity contribution in [3.63, 3.8) is 0 Å². The molecule has 0 saturated carbocycles. The maximum Gasteiger partial charge on any atom is 0.306 e. The molecule has 0 aromatic heterocycles. The Morgan fingerprint density at radius 3 is 0.702 bits per heavy atom. The van der Waals surface area contributed by atoms with Crippen LogP contribution < -0.4 is 0 Å². The van der Waals surface area contributed by atoms with Gasteiger partial charge in [-0.25, -0.2) is 0 Å². The van der Waals surface area contributed by atoms with Crippen molar-refractivity contribution in [1.29, 1.82) is 0 Å². The van der Waals surface area contributed by atoms with Crippen molar-refractivity contribution >= 4 is 17.9 Å². The summed E-state index contributed by atoms with van der Waals surface area (Å²) >= 11 is 0. The highest BCUT2D eigenvalue weighted by Gasteiger charge is 2.19. The third kappa shape index (κ3) is 45.3. The number of unbranched alkanes of at least 4 members (excludes halogenated alkanes) is 36. The second-order valence-electron chi connectivity index (χ2n) is 17.5. The number of carbonyl (C=O) groups excluding carboxylic acids is 3. The number of hydrogen-bond donors (Lipinski definition) is 0. The summed E-state index contributed by atoms with van der Waals surface area (Å²) in [5, 5.41) is 0. The molecule has 0 N–H and O–H groups in total. The molecule has 1 atom stereocenters. The summed E-state index contributed by atoms with van der Waals surface area (Å²) in [5.41, 5.74) is 0. The largest absolute Gasteiger partial charge is 0.462 e. The molecule has 0 aromatic rings. The van der Waals surface area contributed by atoms with E-state index in [2.05, 4.69) is 20.8 Å². The normalized spacial score (nSPS) is 11.8. The van der Waals surface area contributed by atoms with Crippen LogP contribution in [0.3, 0.4) is 0 Å². The summed E-state index contributed by atoms with van der Waals surface area (Å²) in [6.07, 6.45) is 49.8. The molecule has 0 radical (unpaired) electrons. The van der Waals surface area contributed by atoms with E-state index in [1.807, 2.05) is 0 Å². The first kappa shape index (κ1) is 55.4. The molecule has 0 aliphatic carbocycles. The van der Waals surface area contributed by atoms with Gasteiger partial charge >= 0.3 is 17.9 Å². The van der Waals surface area contributed by atoms with Gasteiger partial charge in [0.2, 0.25) is 0 Å². The van der Waals surface area contributed by atoms with E-state index in [1.165, 1.54) is 186 Å². The zero-order valence-electron chi connectivity index (χ0n) is 38.6. The van der Waals surface area contributed by atoms with E-state index < -0.39 is 6.10 Å². The summed E-state index contributed by atoms with van der Waals surface area (Å²) in [4.78, 5) is 37.6. The second kappa shape index (κ2) is 47.1. The van der Waals surface area contributed by atoms with Gasteiger partial charge in [-0.15, -0.1) is 0 Å². The van der Waals surface area contributed by atoms with Gasteiger partial charge in [-0.1, -0.05) is 252 Å². The van der Waals surface area contributed by atoms with Crippen molar-refractivity contribution in [2.24, 2.45) is 0 Å². The van der Waals surface area contributed by atoms with Crippen molar-refractivity contribution in [2.45, 2.75) is 297 Å². The predicted octanol–water partition coefficient (Wildman–Crippen LogP) is 16.4. The van der Waals surface area contributed by atoms with Gasteiger partial charge in [0.1, 0.15) is 13.2 Å². The number of rotatable bonds is 47. The topological polar surface area (TPSA) is 78.9 Å². The molecule has 338 valence electrons. The van der Waals surface area contributed by atoms with Gasteiger partial charge in [-0.05, 0) is 19.3 Å². The van der Waals surface area contributed by atoms with Crippen LogP contribution >= 0.6 is 0 Å². The fraction of sp³-hybridized carbons (Fsp3) is 0.941. The van der Waals surface area contributed by atoms with Gasteiger partial charge < -0.3 is 14.2 Å². The molecule has 6 heteroatoms. The van der Waals surface area contributed by atoms with Gasteiger partial charge in [-0.3, -0.25) is 14.4 Å². The van der Waals surface area contributed by atoms with Crippen molar-refractivity contribution in [3.05, 3.63) is 0 Å². The Bertz CT molecular complexity index is 844. The Morgan fingerprint density at radius 1 is 0.281 bits per heavy atom. The Kier molecular flexibility index (Phi) is 45.8. The molecular weight excluding hydrogens is 709 g/mol. The minimum atomic E-state index is -0.758. The van der Waals surface area contributed by atoms with Crippen molar-refractivity contribution < 1.29 is 28.6 Å². The highest BCUT2D eigenvalue weighted by Crippen LogP contribution is 2.17. The van der Waals surface area contributed by atoms with Gasteiger partial charge in [0.25, 0.3) is 0 Å². The van der Waals surface area contributed by atoms with E-state index in [0.717, 1.165) is 64.2 Å². The first-order valence-electron chi connectivity index (χ1n) is 25.5. The monoisotopic (exact) mass is 807 g/mol. The van der Waals surface area contributed by atoms with E-state index in [9.17, 15) is 14.4 Å². The van der Waals surface area contributed by atoms with Gasteiger partial charge in [0.05, 0.1) is 0 Å². The van der Waals surface area contributed by atoms with Crippen LogP contribution in [0.15, 0.2) is 0 Å². The summed E-state index contributed by atoms with van der Waals surface area (Å²) in [6.45, 7) is 6.60. The molecule has 6 nitrogen and oxygen atoms in total. The van der Waals surface area contributed by atoms with E-state index in [1.54, 1.807) is 0 Å². The fourth-order valence-corrected chi connectivity index (χ4v) is 7.74. The number of ether oxygens (including phenoxy) is 3. The lowest BCUT2D eigenvalue weighted by atomic mass is 10.0. The van der Waals surface area contributed by atoms with Crippen LogP contribution in [0.2, 0.25) is 0 Å². The summed E-state index contributed by atoms with van der Waals surface area (Å²) in [5.74, 6) is -0.858. The molecule has 0 aliphatic heterocycles. The summed E-state index contributed by atoms with van der Waals surface area (Å²) < 4.78 is 16.7. The molecule has 0 unspecified atom stereocenters. The number of esters is 3. The average Bonchev–Trinajstić information content (AvgIpc) is 3.21. The molecule has 0 aliphatic rings. The third-order valence-corrected chi connectivity index (χ3v) is 11.6. The lowest BCUT2D eigenvalue weighted by Crippen LogP contribution is -2.30. The van der Waals surface area contributed by atoms with Crippen LogP contribution in [-0.2, 0) is 28.6 Å². The molecular formula is C51H98O6. The van der Waals surface area contributed by atoms with Crippen molar-refractivity contribution in [1.82, 2.24) is 0 Å². The lowest BCUT2D eigenvalue weighted by molar-refractivity contribution is -0.167. The molecule has 0 amide bonds. The lowest BCUT2D eigenvalue weighted by Gasteiger charge is -2.18. The minimum absolute atomic E-state index is 0.0631. The second-order valence-corrected chi connectivity index (χ2v) is 17.5. The smallest absolute Gasteiger partial charge is 0.306 e. The van der Waals surface area contributed by atoms with Crippen LogP contribution in [0, 0.1) is 0 Å². The van der Waals surface area contributed by atoms with E-state index in [4.69, 9.17) is 14.2 Å². The molecule has 0 heterocycles.